The van der Waals surface area contributed by atoms with Gasteiger partial charge in [0.1, 0.15) is 0 Å². The van der Waals surface area contributed by atoms with E-state index in [1.807, 2.05) is 71.6 Å². The van der Waals surface area contributed by atoms with Crippen molar-refractivity contribution in [1.29, 1.82) is 0 Å². The lowest BCUT2D eigenvalue weighted by Gasteiger charge is -2.30. The molecule has 0 bridgehead atoms. The summed E-state index contributed by atoms with van der Waals surface area (Å²) in [4.78, 5) is 14.8. The zero-order valence-corrected chi connectivity index (χ0v) is 11.3. The summed E-state index contributed by atoms with van der Waals surface area (Å²) < 4.78 is 0. The van der Waals surface area contributed by atoms with Gasteiger partial charge < -0.3 is 0 Å². The molecule has 1 fully saturated rings. The van der Waals surface area contributed by atoms with Gasteiger partial charge in [0.15, 0.2) is 0 Å². The predicted octanol–water partition coefficient (Wildman–Crippen LogP) is 4.05. The summed E-state index contributed by atoms with van der Waals surface area (Å²) in [6.07, 6.45) is 3.86. The summed E-state index contributed by atoms with van der Waals surface area (Å²) >= 11 is 0. The van der Waals surface area contributed by atoms with Crippen molar-refractivity contribution in [3.8, 4) is 0 Å². The average molecular weight is 263 g/mol. The van der Waals surface area contributed by atoms with E-state index in [9.17, 15) is 4.79 Å². The molecule has 0 saturated heterocycles. The van der Waals surface area contributed by atoms with E-state index in [4.69, 9.17) is 0 Å². The number of hydrogen-bond acceptors (Lipinski definition) is 1. The van der Waals surface area contributed by atoms with Crippen LogP contribution in [0.2, 0.25) is 0 Å². The molecule has 1 aliphatic carbocycles. The first-order chi connectivity index (χ1) is 9.77. The van der Waals surface area contributed by atoms with E-state index in [-0.39, 0.29) is 11.4 Å². The van der Waals surface area contributed by atoms with E-state index >= 15 is 0 Å². The van der Waals surface area contributed by atoms with Crippen molar-refractivity contribution >= 4 is 11.6 Å². The van der Waals surface area contributed by atoms with Crippen LogP contribution < -0.4 is 4.90 Å². The highest BCUT2D eigenvalue weighted by molar-refractivity contribution is 6.07. The minimum absolute atomic E-state index is 0.0363. The van der Waals surface area contributed by atoms with Gasteiger partial charge in [-0.3, -0.25) is 9.69 Å². The Balaban J connectivity index is 2.03. The van der Waals surface area contributed by atoms with E-state index in [0.717, 1.165) is 18.5 Å². The molecule has 1 amide bonds. The maximum absolute atomic E-state index is 12.9. The molecular formula is C18H17NO. The lowest BCUT2D eigenvalue weighted by molar-refractivity contribution is 0.0978. The van der Waals surface area contributed by atoms with Gasteiger partial charge in [-0.2, -0.15) is 0 Å². The molecular weight excluding hydrogens is 246 g/mol. The quantitative estimate of drug-likeness (QED) is 0.762. The van der Waals surface area contributed by atoms with Crippen molar-refractivity contribution in [3.63, 3.8) is 0 Å². The molecule has 2 nitrogen and oxygen atoms in total. The number of nitrogens with zero attached hydrogens (tertiary/aromatic N) is 1. The topological polar surface area (TPSA) is 20.3 Å². The highest BCUT2D eigenvalue weighted by atomic mass is 16.2. The van der Waals surface area contributed by atoms with Crippen LogP contribution in [0.5, 0.6) is 0 Å². The molecule has 20 heavy (non-hydrogen) atoms. The summed E-state index contributed by atoms with van der Waals surface area (Å²) in [5, 5.41) is 0. The highest BCUT2D eigenvalue weighted by Gasteiger charge is 2.48. The first kappa shape index (κ1) is 12.7. The summed E-state index contributed by atoms with van der Waals surface area (Å²) in [5.74, 6) is 0.0363. The van der Waals surface area contributed by atoms with Crippen LogP contribution in [0.1, 0.15) is 23.2 Å². The molecule has 0 radical (unpaired) electrons. The average Bonchev–Trinajstić information content (AvgIpc) is 3.30. The molecule has 0 aromatic heterocycles. The third kappa shape index (κ3) is 2.14. The number of para-hydroxylation sites is 1. The lowest BCUT2D eigenvalue weighted by Crippen LogP contribution is -2.41. The second-order valence-electron chi connectivity index (χ2n) is 5.15. The van der Waals surface area contributed by atoms with Crippen LogP contribution in [0.25, 0.3) is 0 Å². The van der Waals surface area contributed by atoms with E-state index in [0.29, 0.717) is 5.56 Å². The Bertz CT molecular complexity index is 614. The molecule has 3 rings (SSSR count). The summed E-state index contributed by atoms with van der Waals surface area (Å²) in [6.45, 7) is 3.92. The van der Waals surface area contributed by atoms with Crippen molar-refractivity contribution in [1.82, 2.24) is 0 Å². The normalized spacial score (nSPS) is 15.4. The maximum Gasteiger partial charge on any atom is 0.259 e. The third-order valence-electron chi connectivity index (χ3n) is 3.83. The Hall–Kier alpha value is -2.35. The Morgan fingerprint density at radius 3 is 2.05 bits per heavy atom. The Kier molecular flexibility index (Phi) is 3.15. The summed E-state index contributed by atoms with van der Waals surface area (Å²) in [7, 11) is 0. The fourth-order valence-corrected chi connectivity index (χ4v) is 2.51. The van der Waals surface area contributed by atoms with Gasteiger partial charge in [0.05, 0.1) is 5.54 Å². The van der Waals surface area contributed by atoms with Gasteiger partial charge in [-0.15, -0.1) is 6.58 Å². The van der Waals surface area contributed by atoms with Crippen LogP contribution in [-0.2, 0) is 0 Å². The first-order valence-electron chi connectivity index (χ1n) is 6.85. The zero-order chi connectivity index (χ0) is 14.0. The molecule has 2 aromatic rings. The lowest BCUT2D eigenvalue weighted by atomic mass is 10.1. The molecule has 0 aliphatic heterocycles. The number of amides is 1. The standard InChI is InChI=1S/C18H17NO/c1-2-18(13-14-18)19(16-11-7-4-8-12-16)17(20)15-9-5-3-6-10-15/h2-12H,1,13-14H2. The minimum Gasteiger partial charge on any atom is -0.299 e. The molecule has 2 aromatic carbocycles. The molecule has 0 spiro atoms. The second kappa shape index (κ2) is 4.97. The molecule has 0 heterocycles. The number of benzene rings is 2. The van der Waals surface area contributed by atoms with Crippen LogP contribution in [-0.4, -0.2) is 11.4 Å². The minimum atomic E-state index is -0.214. The van der Waals surface area contributed by atoms with Crippen LogP contribution >= 0.6 is 0 Å². The van der Waals surface area contributed by atoms with Gasteiger partial charge in [-0.05, 0) is 37.1 Å². The zero-order valence-electron chi connectivity index (χ0n) is 11.3. The van der Waals surface area contributed by atoms with Gasteiger partial charge in [-0.1, -0.05) is 42.5 Å². The Morgan fingerprint density at radius 2 is 1.55 bits per heavy atom. The van der Waals surface area contributed by atoms with Gasteiger partial charge in [0.2, 0.25) is 0 Å². The van der Waals surface area contributed by atoms with Crippen molar-refractivity contribution in [2.45, 2.75) is 18.4 Å². The van der Waals surface area contributed by atoms with Gasteiger partial charge >= 0.3 is 0 Å². The molecule has 1 aliphatic rings. The van der Waals surface area contributed by atoms with Crippen molar-refractivity contribution < 1.29 is 4.79 Å². The number of carbonyl (C=O) groups is 1. The van der Waals surface area contributed by atoms with Crippen LogP contribution in [0, 0.1) is 0 Å². The summed E-state index contributed by atoms with van der Waals surface area (Å²) in [6, 6.07) is 19.3. The number of carbonyl (C=O) groups excluding carboxylic acids is 1. The molecule has 2 heteroatoms. The van der Waals surface area contributed by atoms with E-state index < -0.39 is 0 Å². The molecule has 100 valence electrons. The van der Waals surface area contributed by atoms with Gasteiger partial charge in [0.25, 0.3) is 5.91 Å². The largest absolute Gasteiger partial charge is 0.299 e. The van der Waals surface area contributed by atoms with Crippen molar-refractivity contribution in [3.05, 3.63) is 78.9 Å². The van der Waals surface area contributed by atoms with E-state index in [1.165, 1.54) is 0 Å². The molecule has 0 unspecified atom stereocenters. The molecule has 1 saturated carbocycles. The SMILES string of the molecule is C=CC1(N(C(=O)c2ccccc2)c2ccccc2)CC1. The Labute approximate surface area is 119 Å². The molecule has 0 atom stereocenters. The first-order valence-corrected chi connectivity index (χ1v) is 6.85. The fourth-order valence-electron chi connectivity index (χ4n) is 2.51. The summed E-state index contributed by atoms with van der Waals surface area (Å²) in [5.41, 5.74) is 1.43. The monoisotopic (exact) mass is 263 g/mol. The van der Waals surface area contributed by atoms with Crippen LogP contribution in [0.4, 0.5) is 5.69 Å². The van der Waals surface area contributed by atoms with Crippen molar-refractivity contribution in [2.75, 3.05) is 4.90 Å². The third-order valence-corrected chi connectivity index (χ3v) is 3.83. The predicted molar refractivity (Wildman–Crippen MR) is 81.9 cm³/mol. The highest BCUT2D eigenvalue weighted by Crippen LogP contribution is 2.45. The van der Waals surface area contributed by atoms with Crippen molar-refractivity contribution in [2.24, 2.45) is 0 Å². The van der Waals surface area contributed by atoms with E-state index in [1.54, 1.807) is 0 Å². The number of hydrogen-bond donors (Lipinski definition) is 0. The van der Waals surface area contributed by atoms with Crippen LogP contribution in [0.15, 0.2) is 73.3 Å². The van der Waals surface area contributed by atoms with Gasteiger partial charge in [0, 0.05) is 11.3 Å². The Morgan fingerprint density at radius 1 is 1.00 bits per heavy atom. The number of rotatable bonds is 4. The van der Waals surface area contributed by atoms with Crippen LogP contribution in [0.3, 0.4) is 0 Å². The fraction of sp³-hybridized carbons (Fsp3) is 0.167. The smallest absolute Gasteiger partial charge is 0.259 e. The molecule has 0 N–H and O–H groups in total. The van der Waals surface area contributed by atoms with Gasteiger partial charge in [-0.25, -0.2) is 0 Å². The maximum atomic E-state index is 12.9. The number of anilines is 1. The second-order valence-corrected chi connectivity index (χ2v) is 5.15. The van der Waals surface area contributed by atoms with E-state index in [2.05, 4.69) is 6.58 Å².